The summed E-state index contributed by atoms with van der Waals surface area (Å²) in [6.45, 7) is 1.46. The molecule has 0 atom stereocenters. The van der Waals surface area contributed by atoms with Crippen LogP contribution >= 0.6 is 23.1 Å². The topological polar surface area (TPSA) is 109 Å². The molecule has 9 nitrogen and oxygen atoms in total. The molecule has 12 heteroatoms. The number of aryl methyl sites for hydroxylation is 1. The molecule has 0 fully saturated rings. The third-order valence-electron chi connectivity index (χ3n) is 4.22. The molecule has 0 bridgehead atoms. The summed E-state index contributed by atoms with van der Waals surface area (Å²) in [5.74, 6) is -2.13. The van der Waals surface area contributed by atoms with Gasteiger partial charge in [0.1, 0.15) is 17.3 Å². The molecule has 0 N–H and O–H groups in total. The van der Waals surface area contributed by atoms with Crippen LogP contribution in [-0.4, -0.2) is 38.6 Å². The molecule has 0 saturated carbocycles. The molecule has 164 valence electrons. The van der Waals surface area contributed by atoms with Crippen molar-refractivity contribution >= 4 is 45.1 Å². The number of carbonyl (C=O) groups is 2. The fourth-order valence-corrected chi connectivity index (χ4v) is 4.64. The van der Waals surface area contributed by atoms with Crippen molar-refractivity contribution in [3.05, 3.63) is 55.3 Å². The van der Waals surface area contributed by atoms with Crippen LogP contribution in [0.25, 0.3) is 10.1 Å². The Morgan fingerprint density at radius 2 is 1.97 bits per heavy atom. The van der Waals surface area contributed by atoms with E-state index in [1.807, 2.05) is 0 Å². The molecule has 0 radical (unpaired) electrons. The van der Waals surface area contributed by atoms with Crippen LogP contribution in [0.1, 0.15) is 22.2 Å². The highest BCUT2D eigenvalue weighted by Gasteiger charge is 2.23. The van der Waals surface area contributed by atoms with Crippen molar-refractivity contribution in [1.29, 1.82) is 0 Å². The second kappa shape index (κ2) is 9.43. The summed E-state index contributed by atoms with van der Waals surface area (Å²) in [5.41, 5.74) is -0.989. The second-order valence-electron chi connectivity index (χ2n) is 6.27. The minimum Gasteiger partial charge on any atom is -0.462 e. The standard InChI is InChI=1S/C19H18FN3O6S2/c1-4-28-18(26)15-10(14-11(20)6-5-7-12(14)31-15)8-29-13(24)9-30-16-17(25)22(2)19(27)23(3)21-16/h5-7H,4,8-9H2,1-3H3. The summed E-state index contributed by atoms with van der Waals surface area (Å²) in [5, 5.41) is 4.00. The lowest BCUT2D eigenvalue weighted by molar-refractivity contribution is -0.141. The zero-order valence-electron chi connectivity index (χ0n) is 16.8. The molecule has 0 aliphatic rings. The van der Waals surface area contributed by atoms with E-state index < -0.39 is 29.0 Å². The van der Waals surface area contributed by atoms with Gasteiger partial charge in [0, 0.05) is 29.7 Å². The van der Waals surface area contributed by atoms with Gasteiger partial charge in [-0.25, -0.2) is 18.7 Å². The molecule has 0 amide bonds. The van der Waals surface area contributed by atoms with Crippen LogP contribution in [0.3, 0.4) is 0 Å². The van der Waals surface area contributed by atoms with E-state index in [1.165, 1.54) is 26.2 Å². The van der Waals surface area contributed by atoms with Gasteiger partial charge in [0.25, 0.3) is 5.56 Å². The van der Waals surface area contributed by atoms with E-state index in [4.69, 9.17) is 9.47 Å². The van der Waals surface area contributed by atoms with Crippen LogP contribution in [-0.2, 0) is 35.0 Å². The molecule has 2 aromatic heterocycles. The van der Waals surface area contributed by atoms with E-state index in [2.05, 4.69) is 5.10 Å². The lowest BCUT2D eigenvalue weighted by Crippen LogP contribution is -2.39. The van der Waals surface area contributed by atoms with Gasteiger partial charge in [0.2, 0.25) is 0 Å². The first-order valence-electron chi connectivity index (χ1n) is 9.04. The number of rotatable bonds is 7. The summed E-state index contributed by atoms with van der Waals surface area (Å²) in [6.07, 6.45) is 0. The van der Waals surface area contributed by atoms with Crippen molar-refractivity contribution in [2.75, 3.05) is 12.4 Å². The molecule has 0 aliphatic carbocycles. The molecule has 0 saturated heterocycles. The van der Waals surface area contributed by atoms with E-state index in [9.17, 15) is 23.6 Å². The third-order valence-corrected chi connectivity index (χ3v) is 6.31. The van der Waals surface area contributed by atoms with Gasteiger partial charge in [-0.1, -0.05) is 17.8 Å². The first-order valence-corrected chi connectivity index (χ1v) is 10.8. The number of ether oxygens (including phenoxy) is 2. The van der Waals surface area contributed by atoms with Crippen molar-refractivity contribution in [2.45, 2.75) is 18.6 Å². The summed E-state index contributed by atoms with van der Waals surface area (Å²) >= 11 is 1.87. The number of benzene rings is 1. The van der Waals surface area contributed by atoms with Crippen molar-refractivity contribution in [3.63, 3.8) is 0 Å². The Morgan fingerprint density at radius 3 is 2.68 bits per heavy atom. The number of fused-ring (bicyclic) bond motifs is 1. The summed E-state index contributed by atoms with van der Waals surface area (Å²) in [6, 6.07) is 4.44. The van der Waals surface area contributed by atoms with E-state index in [0.717, 1.165) is 32.3 Å². The normalized spacial score (nSPS) is 11.0. The fraction of sp³-hybridized carbons (Fsp3) is 0.316. The van der Waals surface area contributed by atoms with Crippen LogP contribution < -0.4 is 11.2 Å². The Morgan fingerprint density at radius 1 is 1.23 bits per heavy atom. The highest BCUT2D eigenvalue weighted by Crippen LogP contribution is 2.34. The molecule has 0 spiro atoms. The van der Waals surface area contributed by atoms with E-state index in [0.29, 0.717) is 4.70 Å². The Balaban J connectivity index is 1.77. The number of thiophene rings is 1. The number of thioether (sulfide) groups is 1. The number of halogens is 1. The maximum absolute atomic E-state index is 14.4. The lowest BCUT2D eigenvalue weighted by atomic mass is 10.1. The predicted molar refractivity (Wildman–Crippen MR) is 113 cm³/mol. The van der Waals surface area contributed by atoms with Crippen LogP contribution in [0.2, 0.25) is 0 Å². The quantitative estimate of drug-likeness (QED) is 0.383. The van der Waals surface area contributed by atoms with Crippen molar-refractivity contribution in [3.8, 4) is 0 Å². The van der Waals surface area contributed by atoms with Crippen molar-refractivity contribution in [2.24, 2.45) is 14.1 Å². The average molecular weight is 468 g/mol. The van der Waals surface area contributed by atoms with Crippen LogP contribution in [0, 0.1) is 5.82 Å². The molecule has 3 rings (SSSR count). The zero-order valence-corrected chi connectivity index (χ0v) is 18.5. The number of esters is 2. The minimum absolute atomic E-state index is 0.0409. The second-order valence-corrected chi connectivity index (χ2v) is 8.28. The molecule has 1 aromatic carbocycles. The van der Waals surface area contributed by atoms with Gasteiger partial charge in [-0.3, -0.25) is 14.2 Å². The van der Waals surface area contributed by atoms with Crippen LogP contribution in [0.5, 0.6) is 0 Å². The zero-order chi connectivity index (χ0) is 22.7. The molecule has 2 heterocycles. The maximum Gasteiger partial charge on any atom is 0.348 e. The Labute approximate surface area is 183 Å². The predicted octanol–water partition coefficient (Wildman–Crippen LogP) is 1.84. The Hall–Kier alpha value is -2.99. The highest BCUT2D eigenvalue weighted by molar-refractivity contribution is 7.99. The third kappa shape index (κ3) is 4.69. The number of aromatic nitrogens is 3. The Bertz CT molecular complexity index is 1280. The number of hydrogen-bond acceptors (Lipinski definition) is 9. The molecular formula is C19H18FN3O6S2. The van der Waals surface area contributed by atoms with Gasteiger partial charge in [-0.05, 0) is 19.1 Å². The molecule has 0 aliphatic heterocycles. The SMILES string of the molecule is CCOC(=O)c1sc2cccc(F)c2c1COC(=O)CSc1nn(C)c(=O)n(C)c1=O. The minimum atomic E-state index is -0.701. The first-order chi connectivity index (χ1) is 14.7. The van der Waals surface area contributed by atoms with E-state index in [-0.39, 0.29) is 39.8 Å². The smallest absolute Gasteiger partial charge is 0.348 e. The number of nitrogens with zero attached hydrogens (tertiary/aromatic N) is 3. The summed E-state index contributed by atoms with van der Waals surface area (Å²) < 4.78 is 27.0. The molecule has 0 unspecified atom stereocenters. The largest absolute Gasteiger partial charge is 0.462 e. The number of carbonyl (C=O) groups excluding carboxylic acids is 2. The van der Waals surface area contributed by atoms with Crippen molar-refractivity contribution < 1.29 is 23.5 Å². The molecule has 3 aromatic rings. The lowest BCUT2D eigenvalue weighted by Gasteiger charge is -2.08. The van der Waals surface area contributed by atoms with E-state index >= 15 is 0 Å². The van der Waals surface area contributed by atoms with Gasteiger partial charge in [-0.15, -0.1) is 11.3 Å². The van der Waals surface area contributed by atoms with Gasteiger partial charge in [0.05, 0.1) is 12.4 Å². The van der Waals surface area contributed by atoms with Crippen molar-refractivity contribution in [1.82, 2.24) is 14.3 Å². The summed E-state index contributed by atoms with van der Waals surface area (Å²) in [7, 11) is 2.69. The monoisotopic (exact) mass is 467 g/mol. The average Bonchev–Trinajstić information content (AvgIpc) is 3.12. The van der Waals surface area contributed by atoms with Crippen LogP contribution in [0.4, 0.5) is 4.39 Å². The Kier molecular flexibility index (Phi) is 6.91. The van der Waals surface area contributed by atoms with Gasteiger partial charge in [0.15, 0.2) is 5.03 Å². The highest BCUT2D eigenvalue weighted by atomic mass is 32.2. The van der Waals surface area contributed by atoms with Gasteiger partial charge in [-0.2, -0.15) is 5.10 Å². The summed E-state index contributed by atoms with van der Waals surface area (Å²) in [4.78, 5) is 48.4. The first kappa shape index (κ1) is 22.7. The fourth-order valence-electron chi connectivity index (χ4n) is 2.75. The van der Waals surface area contributed by atoms with Gasteiger partial charge >= 0.3 is 17.6 Å². The van der Waals surface area contributed by atoms with Gasteiger partial charge < -0.3 is 9.47 Å². The molecular weight excluding hydrogens is 449 g/mol. The molecule has 31 heavy (non-hydrogen) atoms. The maximum atomic E-state index is 14.4. The number of hydrogen-bond donors (Lipinski definition) is 0. The van der Waals surface area contributed by atoms with Crippen LogP contribution in [0.15, 0.2) is 32.8 Å². The van der Waals surface area contributed by atoms with E-state index in [1.54, 1.807) is 13.0 Å².